The van der Waals surface area contributed by atoms with Gasteiger partial charge in [0.25, 0.3) is 0 Å². The first-order chi connectivity index (χ1) is 8.99. The third-order valence-corrected chi connectivity index (χ3v) is 3.03. The molecule has 0 fully saturated rings. The summed E-state index contributed by atoms with van der Waals surface area (Å²) < 4.78 is 40.2. The van der Waals surface area contributed by atoms with Crippen molar-refractivity contribution in [2.45, 2.75) is 13.5 Å². The number of rotatable bonds is 3. The number of nitrogens with one attached hydrogen (secondary N) is 1. The Balaban J connectivity index is 2.19. The van der Waals surface area contributed by atoms with Crippen molar-refractivity contribution in [3.63, 3.8) is 0 Å². The summed E-state index contributed by atoms with van der Waals surface area (Å²) in [6.45, 7) is 1.70. The van der Waals surface area contributed by atoms with E-state index in [-0.39, 0.29) is 17.3 Å². The molecule has 0 unspecified atom stereocenters. The van der Waals surface area contributed by atoms with Crippen LogP contribution in [0.15, 0.2) is 30.3 Å². The van der Waals surface area contributed by atoms with Crippen molar-refractivity contribution in [2.24, 2.45) is 0 Å². The molecule has 2 aromatic rings. The van der Waals surface area contributed by atoms with Crippen molar-refractivity contribution in [3.8, 4) is 0 Å². The number of hydrogen-bond acceptors (Lipinski definition) is 1. The van der Waals surface area contributed by atoms with Gasteiger partial charge in [-0.1, -0.05) is 23.7 Å². The van der Waals surface area contributed by atoms with E-state index in [4.69, 9.17) is 11.6 Å². The lowest BCUT2D eigenvalue weighted by Crippen LogP contribution is -2.05. The monoisotopic (exact) mass is 285 g/mol. The summed E-state index contributed by atoms with van der Waals surface area (Å²) in [6, 6.07) is 6.68. The fraction of sp³-hybridized carbons (Fsp3) is 0.143. The standard InChI is InChI=1S/C14H11ClF3N/c1-8-2-4-12(17)14(13(8)18)19-7-9-3-5-11(16)10(15)6-9/h2-6,19H,7H2,1H3. The summed E-state index contributed by atoms with van der Waals surface area (Å²) in [5.41, 5.74) is 0.785. The van der Waals surface area contributed by atoms with Crippen LogP contribution in [0.4, 0.5) is 18.9 Å². The van der Waals surface area contributed by atoms with Gasteiger partial charge in [-0.15, -0.1) is 0 Å². The summed E-state index contributed by atoms with van der Waals surface area (Å²) in [6.07, 6.45) is 0. The zero-order valence-corrected chi connectivity index (χ0v) is 10.9. The van der Waals surface area contributed by atoms with Crippen molar-refractivity contribution in [1.29, 1.82) is 0 Å². The summed E-state index contributed by atoms with van der Waals surface area (Å²) in [5, 5.41) is 2.63. The zero-order chi connectivity index (χ0) is 14.0. The van der Waals surface area contributed by atoms with E-state index in [1.807, 2.05) is 0 Å². The minimum atomic E-state index is -0.670. The maximum Gasteiger partial charge on any atom is 0.152 e. The molecule has 0 aliphatic rings. The van der Waals surface area contributed by atoms with Gasteiger partial charge in [-0.3, -0.25) is 0 Å². The lowest BCUT2D eigenvalue weighted by atomic mass is 10.1. The van der Waals surface area contributed by atoms with E-state index in [1.165, 1.54) is 30.3 Å². The Morgan fingerprint density at radius 1 is 1.05 bits per heavy atom. The Kier molecular flexibility index (Phi) is 4.00. The van der Waals surface area contributed by atoms with E-state index in [9.17, 15) is 13.2 Å². The molecule has 0 saturated carbocycles. The molecule has 0 radical (unpaired) electrons. The number of aryl methyl sites for hydroxylation is 1. The molecule has 1 nitrogen and oxygen atoms in total. The SMILES string of the molecule is Cc1ccc(F)c(NCc2ccc(F)c(Cl)c2)c1F. The van der Waals surface area contributed by atoms with Gasteiger partial charge in [0.1, 0.15) is 17.3 Å². The fourth-order valence-corrected chi connectivity index (χ4v) is 1.86. The third-order valence-electron chi connectivity index (χ3n) is 2.74. The molecular weight excluding hydrogens is 275 g/mol. The highest BCUT2D eigenvalue weighted by Gasteiger charge is 2.11. The Bertz CT molecular complexity index is 614. The van der Waals surface area contributed by atoms with Gasteiger partial charge in [0.15, 0.2) is 5.82 Å². The molecule has 0 saturated heterocycles. The van der Waals surface area contributed by atoms with E-state index in [2.05, 4.69) is 5.32 Å². The van der Waals surface area contributed by atoms with Crippen LogP contribution < -0.4 is 5.32 Å². The number of hydrogen-bond donors (Lipinski definition) is 1. The van der Waals surface area contributed by atoms with Crippen LogP contribution in [0.25, 0.3) is 0 Å². The van der Waals surface area contributed by atoms with E-state index in [0.29, 0.717) is 11.1 Å². The molecule has 0 amide bonds. The van der Waals surface area contributed by atoms with Crippen molar-refractivity contribution < 1.29 is 13.2 Å². The average molecular weight is 286 g/mol. The van der Waals surface area contributed by atoms with Gasteiger partial charge in [-0.25, -0.2) is 13.2 Å². The predicted molar refractivity (Wildman–Crippen MR) is 69.8 cm³/mol. The van der Waals surface area contributed by atoms with Crippen LogP contribution >= 0.6 is 11.6 Å². The lowest BCUT2D eigenvalue weighted by Gasteiger charge is -2.10. The maximum absolute atomic E-state index is 13.7. The second-order valence-corrected chi connectivity index (χ2v) is 4.56. The van der Waals surface area contributed by atoms with Gasteiger partial charge < -0.3 is 5.32 Å². The van der Waals surface area contributed by atoms with Crippen LogP contribution in [0.1, 0.15) is 11.1 Å². The summed E-state index contributed by atoms with van der Waals surface area (Å²) in [7, 11) is 0. The first kappa shape index (κ1) is 13.7. The van der Waals surface area contributed by atoms with Crippen molar-refractivity contribution in [3.05, 3.63) is 63.9 Å². The van der Waals surface area contributed by atoms with Gasteiger partial charge in [0.05, 0.1) is 5.02 Å². The predicted octanol–water partition coefficient (Wildman–Crippen LogP) is 4.68. The topological polar surface area (TPSA) is 12.0 Å². The van der Waals surface area contributed by atoms with E-state index in [1.54, 1.807) is 6.92 Å². The smallest absolute Gasteiger partial charge is 0.152 e. The highest BCUT2D eigenvalue weighted by molar-refractivity contribution is 6.30. The fourth-order valence-electron chi connectivity index (χ4n) is 1.66. The quantitative estimate of drug-likeness (QED) is 0.863. The molecule has 0 heterocycles. The maximum atomic E-state index is 13.7. The first-order valence-electron chi connectivity index (χ1n) is 5.61. The molecule has 0 aliphatic heterocycles. The zero-order valence-electron chi connectivity index (χ0n) is 10.1. The summed E-state index contributed by atoms with van der Waals surface area (Å²) in [4.78, 5) is 0. The van der Waals surface area contributed by atoms with Crippen LogP contribution in [0.2, 0.25) is 5.02 Å². The van der Waals surface area contributed by atoms with Crippen LogP contribution in [-0.4, -0.2) is 0 Å². The van der Waals surface area contributed by atoms with Crippen LogP contribution in [0, 0.1) is 24.4 Å². The van der Waals surface area contributed by atoms with Crippen molar-refractivity contribution >= 4 is 17.3 Å². The largest absolute Gasteiger partial charge is 0.376 e. The van der Waals surface area contributed by atoms with Gasteiger partial charge in [0.2, 0.25) is 0 Å². The Morgan fingerprint density at radius 3 is 2.42 bits per heavy atom. The number of anilines is 1. The molecule has 0 spiro atoms. The van der Waals surface area contributed by atoms with Gasteiger partial charge in [-0.2, -0.15) is 0 Å². The van der Waals surface area contributed by atoms with Gasteiger partial charge in [0, 0.05) is 6.54 Å². The Morgan fingerprint density at radius 2 is 1.74 bits per heavy atom. The molecular formula is C14H11ClF3N. The summed E-state index contributed by atoms with van der Waals surface area (Å²) >= 11 is 5.63. The molecule has 1 N–H and O–H groups in total. The molecule has 0 atom stereocenters. The third kappa shape index (κ3) is 3.01. The molecule has 0 bridgehead atoms. The molecule has 2 rings (SSSR count). The Hall–Kier alpha value is -1.68. The number of halogens is 4. The minimum absolute atomic E-state index is 0.0236. The molecule has 0 aliphatic carbocycles. The summed E-state index contributed by atoms with van der Waals surface area (Å²) in [5.74, 6) is -1.83. The van der Waals surface area contributed by atoms with Crippen LogP contribution in [0.5, 0.6) is 0 Å². The van der Waals surface area contributed by atoms with E-state index in [0.717, 1.165) is 0 Å². The molecule has 5 heteroatoms. The average Bonchev–Trinajstić information content (AvgIpc) is 2.38. The van der Waals surface area contributed by atoms with E-state index < -0.39 is 17.5 Å². The second-order valence-electron chi connectivity index (χ2n) is 4.16. The highest BCUT2D eigenvalue weighted by atomic mass is 35.5. The molecule has 100 valence electrons. The second kappa shape index (κ2) is 5.53. The van der Waals surface area contributed by atoms with Crippen LogP contribution in [0.3, 0.4) is 0 Å². The lowest BCUT2D eigenvalue weighted by molar-refractivity contribution is 0.582. The Labute approximate surface area is 114 Å². The van der Waals surface area contributed by atoms with Crippen molar-refractivity contribution in [2.75, 3.05) is 5.32 Å². The minimum Gasteiger partial charge on any atom is -0.376 e. The van der Waals surface area contributed by atoms with Crippen LogP contribution in [-0.2, 0) is 6.54 Å². The number of benzene rings is 2. The highest BCUT2D eigenvalue weighted by Crippen LogP contribution is 2.23. The molecule has 19 heavy (non-hydrogen) atoms. The normalized spacial score (nSPS) is 10.6. The molecule has 0 aromatic heterocycles. The van der Waals surface area contributed by atoms with Gasteiger partial charge in [-0.05, 0) is 36.2 Å². The first-order valence-corrected chi connectivity index (χ1v) is 5.99. The van der Waals surface area contributed by atoms with Crippen molar-refractivity contribution in [1.82, 2.24) is 0 Å². The molecule has 2 aromatic carbocycles. The van der Waals surface area contributed by atoms with E-state index >= 15 is 0 Å². The van der Waals surface area contributed by atoms with Gasteiger partial charge >= 0.3 is 0 Å².